The van der Waals surface area contributed by atoms with E-state index in [1.165, 1.54) is 0 Å². The second-order valence-electron chi connectivity index (χ2n) is 4.62. The number of rotatable bonds is 6. The Morgan fingerprint density at radius 2 is 1.76 bits per heavy atom. The average Bonchev–Trinajstić information content (AvgIpc) is 2.36. The normalized spacial score (nSPS) is 11.5. The maximum absolute atomic E-state index is 10.7. The van der Waals surface area contributed by atoms with Crippen molar-refractivity contribution in [1.29, 1.82) is 0 Å². The summed E-state index contributed by atoms with van der Waals surface area (Å²) in [5, 5.41) is 12.3. The van der Waals surface area contributed by atoms with Crippen molar-refractivity contribution in [2.24, 2.45) is 0 Å². The maximum atomic E-state index is 10.7. The van der Waals surface area contributed by atoms with E-state index >= 15 is 0 Å². The molecule has 1 aromatic rings. The van der Waals surface area contributed by atoms with Crippen LogP contribution in [0.4, 0.5) is 0 Å². The molecule has 3 nitrogen and oxygen atoms in total. The van der Waals surface area contributed by atoms with Gasteiger partial charge in [-0.15, -0.1) is 0 Å². The highest BCUT2D eigenvalue weighted by molar-refractivity contribution is 5.87. The summed E-state index contributed by atoms with van der Waals surface area (Å²) < 4.78 is 0. The van der Waals surface area contributed by atoms with E-state index in [2.05, 4.69) is 26.1 Å². The highest BCUT2D eigenvalue weighted by Gasteiger charge is 2.17. The summed E-state index contributed by atoms with van der Waals surface area (Å²) in [6, 6.07) is 7.02. The molecule has 0 amide bonds. The summed E-state index contributed by atoms with van der Waals surface area (Å²) in [5.74, 6) is -0.878. The fourth-order valence-electron chi connectivity index (χ4n) is 1.58. The largest absolute Gasteiger partial charge is 0.478 e. The van der Waals surface area contributed by atoms with Gasteiger partial charge in [-0.2, -0.15) is 0 Å². The van der Waals surface area contributed by atoms with Crippen molar-refractivity contribution >= 4 is 5.97 Å². The molecule has 0 aliphatic heterocycles. The van der Waals surface area contributed by atoms with Crippen LogP contribution in [0.5, 0.6) is 0 Å². The fraction of sp³-hybridized carbons (Fsp3) is 0.500. The van der Waals surface area contributed by atoms with Gasteiger partial charge in [-0.25, -0.2) is 4.79 Å². The third-order valence-corrected chi connectivity index (χ3v) is 3.48. The summed E-state index contributed by atoms with van der Waals surface area (Å²) in [5.41, 5.74) is 1.61. The molecule has 0 atom stereocenters. The van der Waals surface area contributed by atoms with Gasteiger partial charge in [0, 0.05) is 12.1 Å². The number of hydrogen-bond acceptors (Lipinski definition) is 2. The first kappa shape index (κ1) is 13.7. The van der Waals surface area contributed by atoms with E-state index in [0.717, 1.165) is 24.9 Å². The Morgan fingerprint density at radius 1 is 1.24 bits per heavy atom. The molecule has 0 aromatic heterocycles. The predicted molar refractivity (Wildman–Crippen MR) is 69.2 cm³/mol. The highest BCUT2D eigenvalue weighted by Crippen LogP contribution is 2.15. The van der Waals surface area contributed by atoms with Crippen molar-refractivity contribution in [2.75, 3.05) is 0 Å². The third-order valence-electron chi connectivity index (χ3n) is 3.48. The predicted octanol–water partition coefficient (Wildman–Crippen LogP) is 3.05. The van der Waals surface area contributed by atoms with Crippen molar-refractivity contribution in [3.8, 4) is 0 Å². The molecule has 0 radical (unpaired) electrons. The number of carbonyl (C=O) groups is 1. The Bertz CT molecular complexity index is 366. The standard InChI is InChI=1S/C14H21NO2/c1-4-14(3,5-2)15-10-11-6-8-12(9-7-11)13(16)17/h6-9,15H,4-5,10H2,1-3H3,(H,16,17). The van der Waals surface area contributed by atoms with Gasteiger partial charge in [0.05, 0.1) is 5.56 Å². The quantitative estimate of drug-likeness (QED) is 0.796. The van der Waals surface area contributed by atoms with E-state index in [-0.39, 0.29) is 5.54 Å². The van der Waals surface area contributed by atoms with Crippen LogP contribution in [0.1, 0.15) is 49.5 Å². The average molecular weight is 235 g/mol. The summed E-state index contributed by atoms with van der Waals surface area (Å²) in [4.78, 5) is 10.7. The Hall–Kier alpha value is -1.35. The van der Waals surface area contributed by atoms with Crippen LogP contribution >= 0.6 is 0 Å². The lowest BCUT2D eigenvalue weighted by Crippen LogP contribution is -2.40. The molecule has 1 rings (SSSR count). The molecular weight excluding hydrogens is 214 g/mol. The van der Waals surface area contributed by atoms with Crippen LogP contribution in [0, 0.1) is 0 Å². The van der Waals surface area contributed by atoms with Crippen molar-refractivity contribution in [3.63, 3.8) is 0 Å². The topological polar surface area (TPSA) is 49.3 Å². The highest BCUT2D eigenvalue weighted by atomic mass is 16.4. The van der Waals surface area contributed by atoms with Crippen LogP contribution in [0.3, 0.4) is 0 Å². The van der Waals surface area contributed by atoms with Crippen molar-refractivity contribution in [1.82, 2.24) is 5.32 Å². The van der Waals surface area contributed by atoms with Crippen LogP contribution < -0.4 is 5.32 Å². The van der Waals surface area contributed by atoms with Crippen LogP contribution in [0.15, 0.2) is 24.3 Å². The van der Waals surface area contributed by atoms with E-state index < -0.39 is 5.97 Å². The zero-order chi connectivity index (χ0) is 12.9. The van der Waals surface area contributed by atoms with E-state index in [9.17, 15) is 4.79 Å². The monoisotopic (exact) mass is 235 g/mol. The molecule has 0 saturated carbocycles. The molecule has 1 aromatic carbocycles. The fourth-order valence-corrected chi connectivity index (χ4v) is 1.58. The van der Waals surface area contributed by atoms with Crippen molar-refractivity contribution < 1.29 is 9.90 Å². The Labute approximate surface area is 103 Å². The lowest BCUT2D eigenvalue weighted by Gasteiger charge is -2.28. The van der Waals surface area contributed by atoms with Crippen molar-refractivity contribution in [3.05, 3.63) is 35.4 Å². The van der Waals surface area contributed by atoms with Crippen LogP contribution in [0.25, 0.3) is 0 Å². The van der Waals surface area contributed by atoms with Gasteiger partial charge in [0.1, 0.15) is 0 Å². The zero-order valence-corrected chi connectivity index (χ0v) is 10.8. The molecule has 0 fully saturated rings. The first-order valence-electron chi connectivity index (χ1n) is 6.08. The minimum atomic E-state index is -0.878. The van der Waals surface area contributed by atoms with Gasteiger partial charge in [-0.05, 0) is 37.5 Å². The molecule has 94 valence electrons. The molecule has 3 heteroatoms. The SMILES string of the molecule is CCC(C)(CC)NCc1ccc(C(=O)O)cc1. The molecule has 17 heavy (non-hydrogen) atoms. The number of benzene rings is 1. The first-order chi connectivity index (χ1) is 8.00. The minimum absolute atomic E-state index is 0.158. The van der Waals surface area contributed by atoms with Gasteiger partial charge in [-0.3, -0.25) is 0 Å². The van der Waals surface area contributed by atoms with Crippen LogP contribution in [-0.4, -0.2) is 16.6 Å². The summed E-state index contributed by atoms with van der Waals surface area (Å²) in [6.07, 6.45) is 2.16. The van der Waals surface area contributed by atoms with E-state index in [4.69, 9.17) is 5.11 Å². The summed E-state index contributed by atoms with van der Waals surface area (Å²) in [7, 11) is 0. The number of carboxylic acids is 1. The Balaban J connectivity index is 2.61. The molecular formula is C14H21NO2. The molecule has 0 aliphatic carbocycles. The maximum Gasteiger partial charge on any atom is 0.335 e. The number of aromatic carboxylic acids is 1. The second kappa shape index (κ2) is 5.82. The van der Waals surface area contributed by atoms with Crippen molar-refractivity contribution in [2.45, 2.75) is 45.7 Å². The van der Waals surface area contributed by atoms with E-state index in [0.29, 0.717) is 5.56 Å². The number of nitrogens with one attached hydrogen (secondary N) is 1. The lowest BCUT2D eigenvalue weighted by molar-refractivity contribution is 0.0697. The van der Waals surface area contributed by atoms with Gasteiger partial charge >= 0.3 is 5.97 Å². The lowest BCUT2D eigenvalue weighted by atomic mass is 9.95. The van der Waals surface area contributed by atoms with Crippen LogP contribution in [0.2, 0.25) is 0 Å². The van der Waals surface area contributed by atoms with Gasteiger partial charge in [0.25, 0.3) is 0 Å². The molecule has 0 spiro atoms. The minimum Gasteiger partial charge on any atom is -0.478 e. The van der Waals surface area contributed by atoms with Gasteiger partial charge in [-0.1, -0.05) is 26.0 Å². The van der Waals surface area contributed by atoms with Gasteiger partial charge in [0.15, 0.2) is 0 Å². The summed E-state index contributed by atoms with van der Waals surface area (Å²) in [6.45, 7) is 7.32. The molecule has 0 bridgehead atoms. The summed E-state index contributed by atoms with van der Waals surface area (Å²) >= 11 is 0. The molecule has 0 aliphatic rings. The van der Waals surface area contributed by atoms with Gasteiger partial charge in [0.2, 0.25) is 0 Å². The van der Waals surface area contributed by atoms with E-state index in [1.54, 1.807) is 12.1 Å². The van der Waals surface area contributed by atoms with Gasteiger partial charge < -0.3 is 10.4 Å². The number of carboxylic acid groups (broad SMARTS) is 1. The molecule has 0 unspecified atom stereocenters. The third kappa shape index (κ3) is 3.86. The first-order valence-corrected chi connectivity index (χ1v) is 6.08. The Morgan fingerprint density at radius 3 is 2.18 bits per heavy atom. The second-order valence-corrected chi connectivity index (χ2v) is 4.62. The zero-order valence-electron chi connectivity index (χ0n) is 10.8. The molecule has 2 N–H and O–H groups in total. The Kier molecular flexibility index (Phi) is 4.70. The molecule has 0 heterocycles. The smallest absolute Gasteiger partial charge is 0.335 e. The molecule has 0 saturated heterocycles. The number of hydrogen-bond donors (Lipinski definition) is 2. The van der Waals surface area contributed by atoms with E-state index in [1.807, 2.05) is 12.1 Å². The van der Waals surface area contributed by atoms with Crippen LogP contribution in [-0.2, 0) is 6.54 Å².